The average molecular weight is 525 g/mol. The molecule has 1 aromatic heterocycles. The van der Waals surface area contributed by atoms with Crippen LogP contribution in [-0.4, -0.2) is 40.6 Å². The number of nitrogens with one attached hydrogen (secondary N) is 1. The van der Waals surface area contributed by atoms with Crippen LogP contribution in [-0.2, 0) is 11.3 Å². The van der Waals surface area contributed by atoms with Crippen LogP contribution in [0.3, 0.4) is 0 Å². The van der Waals surface area contributed by atoms with E-state index in [-0.39, 0.29) is 24.0 Å². The predicted molar refractivity (Wildman–Crippen MR) is 142 cm³/mol. The van der Waals surface area contributed by atoms with Crippen molar-refractivity contribution < 1.29 is 18.8 Å². The average Bonchev–Trinajstić information content (AvgIpc) is 3.58. The van der Waals surface area contributed by atoms with E-state index in [4.69, 9.17) is 9.57 Å². The molecule has 1 aliphatic carbocycles. The van der Waals surface area contributed by atoms with Crippen LogP contribution in [0.5, 0.6) is 0 Å². The Bertz CT molecular complexity index is 1460. The van der Waals surface area contributed by atoms with Crippen LogP contribution in [0.15, 0.2) is 52.1 Å². The second-order valence-corrected chi connectivity index (χ2v) is 11.0. The minimum Gasteiger partial charge on any atom is -0.444 e. The highest BCUT2D eigenvalue weighted by Crippen LogP contribution is 2.37. The lowest BCUT2D eigenvalue weighted by Gasteiger charge is -2.22. The summed E-state index contributed by atoms with van der Waals surface area (Å²) < 4.78 is 23.0. The molecule has 1 amide bonds. The van der Waals surface area contributed by atoms with Gasteiger partial charge in [-0.25, -0.2) is 14.0 Å². The molecule has 0 radical (unpaired) electrons. The lowest BCUT2D eigenvalue weighted by molar-refractivity contribution is 0.0520. The number of aromatic nitrogens is 2. The van der Waals surface area contributed by atoms with Gasteiger partial charge in [0.1, 0.15) is 18.0 Å². The summed E-state index contributed by atoms with van der Waals surface area (Å²) in [4.78, 5) is 46.2. The maximum atomic E-state index is 15.4. The van der Waals surface area contributed by atoms with Gasteiger partial charge in [0.25, 0.3) is 5.56 Å². The first-order chi connectivity index (χ1) is 18.1. The zero-order chi connectivity index (χ0) is 27.0. The molecule has 0 bridgehead atoms. The van der Waals surface area contributed by atoms with E-state index < -0.39 is 28.8 Å². The summed E-state index contributed by atoms with van der Waals surface area (Å²) in [7, 11) is 0. The van der Waals surface area contributed by atoms with Gasteiger partial charge in [-0.15, -0.1) is 0 Å². The molecule has 2 aromatic carbocycles. The number of benzene rings is 2. The number of ether oxygens (including phenoxy) is 1. The number of fused-ring (bicyclic) bond motifs is 1. The maximum Gasteiger partial charge on any atom is 0.407 e. The Morgan fingerprint density at radius 3 is 2.53 bits per heavy atom. The summed E-state index contributed by atoms with van der Waals surface area (Å²) in [6, 6.07) is 12.0. The number of alkyl carbamates (subject to hydrolysis) is 1. The second-order valence-electron chi connectivity index (χ2n) is 11.0. The van der Waals surface area contributed by atoms with E-state index in [1.165, 1.54) is 6.07 Å². The number of carbonyl (C=O) groups is 1. The highest BCUT2D eigenvalue weighted by atomic mass is 19.1. The predicted octanol–water partition coefficient (Wildman–Crippen LogP) is 3.62. The van der Waals surface area contributed by atoms with Crippen molar-refractivity contribution in [2.45, 2.75) is 58.3 Å². The van der Waals surface area contributed by atoms with Crippen LogP contribution in [0, 0.1) is 11.7 Å². The molecule has 202 valence electrons. The molecule has 2 fully saturated rings. The first-order valence-corrected chi connectivity index (χ1v) is 13.0. The van der Waals surface area contributed by atoms with Crippen LogP contribution in [0.25, 0.3) is 10.9 Å². The summed E-state index contributed by atoms with van der Waals surface area (Å²) in [5, 5.41) is 2.89. The van der Waals surface area contributed by atoms with E-state index in [2.05, 4.69) is 5.32 Å². The molecule has 1 aliphatic heterocycles. The number of hydrogen-bond acceptors (Lipinski definition) is 6. The highest BCUT2D eigenvalue weighted by molar-refractivity contribution is 5.83. The molecule has 2 heterocycles. The first-order valence-electron chi connectivity index (χ1n) is 13.0. The van der Waals surface area contributed by atoms with E-state index in [9.17, 15) is 14.4 Å². The van der Waals surface area contributed by atoms with E-state index in [0.29, 0.717) is 30.8 Å². The molecule has 5 rings (SSSR count). The van der Waals surface area contributed by atoms with Gasteiger partial charge in [0.15, 0.2) is 0 Å². The summed E-state index contributed by atoms with van der Waals surface area (Å²) >= 11 is 0. The number of anilines is 1. The number of halogens is 1. The third kappa shape index (κ3) is 5.54. The van der Waals surface area contributed by atoms with Gasteiger partial charge in [0.05, 0.1) is 16.6 Å². The Hall–Kier alpha value is -3.82. The van der Waals surface area contributed by atoms with Crippen LogP contribution >= 0.6 is 0 Å². The summed E-state index contributed by atoms with van der Waals surface area (Å²) in [5.41, 5.74) is -0.253. The van der Waals surface area contributed by atoms with Crippen molar-refractivity contribution in [3.05, 3.63) is 74.7 Å². The van der Waals surface area contributed by atoms with E-state index in [1.54, 1.807) is 31.4 Å². The highest BCUT2D eigenvalue weighted by Gasteiger charge is 2.31. The largest absolute Gasteiger partial charge is 0.444 e. The summed E-state index contributed by atoms with van der Waals surface area (Å²) in [5.74, 6) is -0.423. The molecule has 0 spiro atoms. The lowest BCUT2D eigenvalue weighted by atomic mass is 10.1. The third-order valence-corrected chi connectivity index (χ3v) is 6.80. The van der Waals surface area contributed by atoms with Gasteiger partial charge < -0.3 is 19.8 Å². The Labute approximate surface area is 219 Å². The number of nitrogens with zero attached hydrogens (tertiary/aromatic N) is 3. The monoisotopic (exact) mass is 524 g/mol. The Kier molecular flexibility index (Phi) is 6.90. The fourth-order valence-electron chi connectivity index (χ4n) is 4.83. The van der Waals surface area contributed by atoms with Crippen molar-refractivity contribution in [3.63, 3.8) is 0 Å². The van der Waals surface area contributed by atoms with E-state index in [0.717, 1.165) is 29.6 Å². The Balaban J connectivity index is 1.40. The second kappa shape index (κ2) is 10.2. The molecular formula is C28H33FN4O5. The topological polar surface area (TPSA) is 94.8 Å². The van der Waals surface area contributed by atoms with Gasteiger partial charge in [-0.2, -0.15) is 0 Å². The molecule has 38 heavy (non-hydrogen) atoms. The molecule has 1 saturated heterocycles. The van der Waals surface area contributed by atoms with Crippen molar-refractivity contribution in [2.75, 3.05) is 24.5 Å². The van der Waals surface area contributed by atoms with Gasteiger partial charge in [-0.3, -0.25) is 9.36 Å². The van der Waals surface area contributed by atoms with Gasteiger partial charge in [0, 0.05) is 25.7 Å². The molecule has 1 saturated carbocycles. The zero-order valence-electron chi connectivity index (χ0n) is 21.9. The molecule has 1 atom stereocenters. The Morgan fingerprint density at radius 1 is 1.11 bits per heavy atom. The molecule has 10 heteroatoms. The first kappa shape index (κ1) is 25.8. The van der Waals surface area contributed by atoms with Crippen LogP contribution in [0.2, 0.25) is 0 Å². The SMILES string of the molecule is CC(C)(C)OC(=O)NCC1CCN(c2cc3c(cc2F)c(=O)n(OCc2ccccc2)c(=O)n3C2CC2)C1. The van der Waals surface area contributed by atoms with Crippen molar-refractivity contribution in [3.8, 4) is 0 Å². The smallest absolute Gasteiger partial charge is 0.407 e. The fraction of sp³-hybridized carbons (Fsp3) is 0.464. The van der Waals surface area contributed by atoms with E-state index >= 15 is 4.39 Å². The minimum absolute atomic E-state index is 0.0409. The Morgan fingerprint density at radius 2 is 1.84 bits per heavy atom. The van der Waals surface area contributed by atoms with Gasteiger partial charge in [-0.1, -0.05) is 35.1 Å². The van der Waals surface area contributed by atoms with Crippen molar-refractivity contribution in [2.24, 2.45) is 5.92 Å². The summed E-state index contributed by atoms with van der Waals surface area (Å²) in [6.07, 6.45) is 1.89. The minimum atomic E-state index is -0.677. The van der Waals surface area contributed by atoms with Crippen molar-refractivity contribution in [1.29, 1.82) is 0 Å². The molecule has 1 unspecified atom stereocenters. The lowest BCUT2D eigenvalue weighted by Crippen LogP contribution is -2.43. The third-order valence-electron chi connectivity index (χ3n) is 6.80. The number of carbonyl (C=O) groups excluding carboxylic acids is 1. The van der Waals surface area contributed by atoms with Crippen LogP contribution < -0.4 is 26.3 Å². The van der Waals surface area contributed by atoms with Crippen LogP contribution in [0.1, 0.15) is 51.6 Å². The van der Waals surface area contributed by atoms with E-state index in [1.807, 2.05) is 35.2 Å². The zero-order valence-corrected chi connectivity index (χ0v) is 21.9. The molecule has 2 aliphatic rings. The van der Waals surface area contributed by atoms with Crippen molar-refractivity contribution >= 4 is 22.7 Å². The number of rotatable bonds is 7. The van der Waals surface area contributed by atoms with Gasteiger partial charge in [-0.05, 0) is 63.6 Å². The fourth-order valence-corrected chi connectivity index (χ4v) is 4.83. The molecular weight excluding hydrogens is 491 g/mol. The van der Waals surface area contributed by atoms with Crippen LogP contribution in [0.4, 0.5) is 14.9 Å². The molecule has 9 nitrogen and oxygen atoms in total. The number of hydrogen-bond donors (Lipinski definition) is 1. The summed E-state index contributed by atoms with van der Waals surface area (Å²) in [6.45, 7) is 6.99. The molecule has 3 aromatic rings. The normalized spacial score (nSPS) is 17.6. The standard InChI is InChI=1S/C28H33FN4O5/c1-28(2,3)38-26(35)30-15-19-11-12-31(16-19)24-14-23-21(13-22(24)29)25(34)33(27(36)32(23)20-9-10-20)37-17-18-7-5-4-6-8-18/h4-8,13-14,19-20H,9-12,15-17H2,1-3H3,(H,30,35). The number of amides is 1. The van der Waals surface area contributed by atoms with Crippen molar-refractivity contribution in [1.82, 2.24) is 14.6 Å². The van der Waals surface area contributed by atoms with Gasteiger partial charge in [0.2, 0.25) is 0 Å². The van der Waals surface area contributed by atoms with Gasteiger partial charge >= 0.3 is 11.8 Å². The maximum absolute atomic E-state index is 15.4. The molecule has 1 N–H and O–H groups in total. The quantitative estimate of drug-likeness (QED) is 0.508.